The number of β-lactam (4-membered cyclic amide) rings is 1. The molecule has 1 aromatic carbocycles. The second kappa shape index (κ2) is 14.9. The molecule has 2 aromatic heterocycles. The maximum Gasteiger partial charge on any atom is 0.361 e. The zero-order valence-corrected chi connectivity index (χ0v) is 30.0. The monoisotopic (exact) mass is 736 g/mol. The van der Waals surface area contributed by atoms with Crippen LogP contribution in [0.1, 0.15) is 22.2 Å². The zero-order chi connectivity index (χ0) is 36.4. The fourth-order valence-electron chi connectivity index (χ4n) is 6.68. The van der Waals surface area contributed by atoms with Crippen LogP contribution in [0.2, 0.25) is 0 Å². The van der Waals surface area contributed by atoms with Gasteiger partial charge in [0.05, 0.1) is 43.5 Å². The van der Waals surface area contributed by atoms with Gasteiger partial charge in [0.2, 0.25) is 11.3 Å². The smallest absolute Gasteiger partial charge is 0.361 e. The number of ether oxygens (including phenoxy) is 2. The number of piperazine rings is 1. The Morgan fingerprint density at radius 2 is 1.80 bits per heavy atom. The van der Waals surface area contributed by atoms with E-state index in [1.165, 1.54) is 52.4 Å². The van der Waals surface area contributed by atoms with Crippen molar-refractivity contribution in [1.29, 1.82) is 0 Å². The first-order valence-corrected chi connectivity index (χ1v) is 18.5. The summed E-state index contributed by atoms with van der Waals surface area (Å²) in [6.45, 7) is 11.1. The number of amides is 2. The second-order valence-electron chi connectivity index (χ2n) is 12.6. The fraction of sp³-hybridized carbons (Fsp3) is 0.361. The van der Waals surface area contributed by atoms with Gasteiger partial charge in [-0.3, -0.25) is 23.8 Å². The lowest BCUT2D eigenvalue weighted by Gasteiger charge is -2.52. The van der Waals surface area contributed by atoms with Crippen LogP contribution in [-0.2, 0) is 36.8 Å². The summed E-state index contributed by atoms with van der Waals surface area (Å²) in [7, 11) is 1.98. The van der Waals surface area contributed by atoms with Crippen molar-refractivity contribution in [2.24, 2.45) is 0 Å². The van der Waals surface area contributed by atoms with Gasteiger partial charge in [0, 0.05) is 23.0 Å². The van der Waals surface area contributed by atoms with Crippen LogP contribution in [0.15, 0.2) is 77.3 Å². The molecule has 2 fully saturated rings. The molecule has 268 valence electrons. The molecule has 0 spiro atoms. The molecule has 0 unspecified atom stereocenters. The van der Waals surface area contributed by atoms with Gasteiger partial charge in [0.25, 0.3) is 5.91 Å². The van der Waals surface area contributed by atoms with E-state index in [0.29, 0.717) is 54.2 Å². The minimum atomic E-state index is -0.801. The van der Waals surface area contributed by atoms with E-state index in [9.17, 15) is 24.0 Å². The highest BCUT2D eigenvalue weighted by atomic mass is 32.2. The predicted octanol–water partition coefficient (Wildman–Crippen LogP) is 3.41. The molecule has 3 aliphatic heterocycles. The van der Waals surface area contributed by atoms with E-state index in [-0.39, 0.29) is 48.1 Å². The topological polar surface area (TPSA) is 127 Å². The van der Waals surface area contributed by atoms with Gasteiger partial charge < -0.3 is 24.3 Å². The highest BCUT2D eigenvalue weighted by Crippen LogP contribution is 2.43. The van der Waals surface area contributed by atoms with Crippen molar-refractivity contribution < 1.29 is 37.5 Å². The number of hydrogen-bond donors (Lipinski definition) is 1. The molecule has 3 aromatic rings. The van der Waals surface area contributed by atoms with Crippen molar-refractivity contribution in [3.05, 3.63) is 99.0 Å². The Kier molecular flexibility index (Phi) is 10.5. The molecule has 0 radical (unpaired) electrons. The number of nitrogens with zero attached hydrogens (tertiary/aromatic N) is 4. The summed E-state index contributed by atoms with van der Waals surface area (Å²) in [5.74, 6) is -2.26. The number of halogens is 1. The van der Waals surface area contributed by atoms with E-state index in [1.807, 2.05) is 36.4 Å². The third kappa shape index (κ3) is 6.85. The molecule has 0 saturated carbocycles. The van der Waals surface area contributed by atoms with E-state index in [0.717, 1.165) is 10.6 Å². The quantitative estimate of drug-likeness (QED) is 0.129. The van der Waals surface area contributed by atoms with Crippen LogP contribution in [0.3, 0.4) is 0 Å². The molecule has 1 N–H and O–H groups in total. The molecule has 3 aliphatic rings. The molecule has 0 bridgehead atoms. The van der Waals surface area contributed by atoms with Crippen molar-refractivity contribution >= 4 is 63.4 Å². The van der Waals surface area contributed by atoms with Crippen molar-refractivity contribution in [3.63, 3.8) is 0 Å². The first kappa shape index (κ1) is 36.1. The van der Waals surface area contributed by atoms with Crippen molar-refractivity contribution in [1.82, 2.24) is 14.8 Å². The average molecular weight is 737 g/mol. The van der Waals surface area contributed by atoms with Crippen LogP contribution < -0.4 is 15.6 Å². The number of thioether (sulfide) groups is 1. The number of nitrogens with one attached hydrogen (secondary N) is 1. The summed E-state index contributed by atoms with van der Waals surface area (Å²) in [5, 5.41) is 4.35. The molecular weight excluding hydrogens is 698 g/mol. The van der Waals surface area contributed by atoms with E-state index in [1.54, 1.807) is 10.6 Å². The first-order valence-electron chi connectivity index (χ1n) is 16.5. The lowest BCUT2D eigenvalue weighted by molar-refractivity contribution is -0.873. The van der Waals surface area contributed by atoms with E-state index in [2.05, 4.69) is 18.5 Å². The number of quaternary nitrogens is 1. The number of fused-ring (bicyclic) bond motifs is 2. The summed E-state index contributed by atoms with van der Waals surface area (Å²) in [6.07, 6.45) is 4.46. The Hall–Kier alpha value is -4.73. The number of hydrogen-bond acceptors (Lipinski definition) is 10. The average Bonchev–Trinajstić information content (AvgIpc) is 3.64. The van der Waals surface area contributed by atoms with Crippen molar-refractivity contribution in [3.8, 4) is 0 Å². The van der Waals surface area contributed by atoms with E-state index >= 15 is 4.39 Å². The summed E-state index contributed by atoms with van der Waals surface area (Å²) in [5.41, 5.74) is 0.903. The molecule has 2 amide bonds. The molecular formula is C36H39FN5O7S2+. The number of likely N-dealkylation sites (N-methyl/N-ethyl adjacent to an activating group) is 1. The fourth-order valence-corrected chi connectivity index (χ4v) is 8.90. The van der Waals surface area contributed by atoms with E-state index in [4.69, 9.17) is 9.47 Å². The number of benzene rings is 1. The number of carbonyl (C=O) groups is 4. The van der Waals surface area contributed by atoms with Crippen LogP contribution in [0, 0.1) is 5.82 Å². The molecule has 51 heavy (non-hydrogen) atoms. The molecule has 12 nitrogen and oxygen atoms in total. The lowest BCUT2D eigenvalue weighted by atomic mass is 10.0. The number of carbonyl (C=O) groups excluding carboxylic acids is 4. The van der Waals surface area contributed by atoms with Crippen molar-refractivity contribution in [2.75, 3.05) is 57.1 Å². The number of aryl methyl sites for hydroxylation is 1. The summed E-state index contributed by atoms with van der Waals surface area (Å²) in [4.78, 5) is 69.9. The Bertz CT molecular complexity index is 2000. The van der Waals surface area contributed by atoms with Crippen LogP contribution in [-0.4, -0.2) is 101 Å². The number of pyridine rings is 1. The highest BCUT2D eigenvalue weighted by Gasteiger charge is 2.57. The maximum atomic E-state index is 15.8. The third-order valence-corrected chi connectivity index (χ3v) is 11.6. The Morgan fingerprint density at radius 1 is 1.10 bits per heavy atom. The van der Waals surface area contributed by atoms with Crippen LogP contribution in [0.5, 0.6) is 0 Å². The molecule has 2 atom stereocenters. The largest absolute Gasteiger partial charge is 0.458 e. The molecule has 2 saturated heterocycles. The second-order valence-corrected chi connectivity index (χ2v) is 14.7. The minimum Gasteiger partial charge on any atom is -0.458 e. The van der Waals surface area contributed by atoms with Gasteiger partial charge in [-0.05, 0) is 30.5 Å². The molecule has 5 heterocycles. The lowest BCUT2D eigenvalue weighted by Crippen LogP contribution is -2.72. The van der Waals surface area contributed by atoms with Gasteiger partial charge in [-0.2, -0.15) is 0 Å². The van der Waals surface area contributed by atoms with Gasteiger partial charge in [-0.1, -0.05) is 31.4 Å². The minimum absolute atomic E-state index is 0.0322. The van der Waals surface area contributed by atoms with Crippen LogP contribution >= 0.6 is 23.1 Å². The van der Waals surface area contributed by atoms with Crippen LogP contribution in [0.25, 0.3) is 10.9 Å². The number of thiophene rings is 1. The molecule has 6 rings (SSSR count). The van der Waals surface area contributed by atoms with E-state index < -0.39 is 34.6 Å². The summed E-state index contributed by atoms with van der Waals surface area (Å²) in [6, 6.07) is 5.77. The standard InChI is InChI=1S/C36H38FN5O7S2/c1-5-14-48-35(46)24-20-39(7-3)26-19-27(25(37)18-23(26)32(24)44)40-10-12-42(4,13-11-40)28-21-51-34-30(38-29(43)17-22-9-8-16-50-22)33(45)41(34)31(28)36(47)49-15-6-2/h5-6,8-9,16,18-20,30,34H,1-2,7,10-15,17,21H2,3-4H3/p+1/t30-,34-/m1/s1. The Labute approximate surface area is 302 Å². The zero-order valence-electron chi connectivity index (χ0n) is 28.4. The number of rotatable bonds is 12. The molecule has 15 heteroatoms. The van der Waals surface area contributed by atoms with Gasteiger partial charge in [0.15, 0.2) is 11.4 Å². The predicted molar refractivity (Wildman–Crippen MR) is 194 cm³/mol. The Balaban J connectivity index is 1.24. The van der Waals surface area contributed by atoms with Crippen LogP contribution in [0.4, 0.5) is 10.1 Å². The maximum absolute atomic E-state index is 15.8. The first-order chi connectivity index (χ1) is 24.5. The SMILES string of the molecule is C=CCOC(=O)C1=C([N+]2(C)CCN(c3cc4c(cc3F)c(=O)c(C(=O)OCC=C)cn4CC)CC2)CS[C@@H]2[C@H](NC(=O)Cc3cccs3)C(=O)N12. The number of aromatic nitrogens is 1. The summed E-state index contributed by atoms with van der Waals surface area (Å²) < 4.78 is 28.4. The van der Waals surface area contributed by atoms with Crippen molar-refractivity contribution in [2.45, 2.75) is 31.3 Å². The normalized spacial score (nSPS) is 19.6. The van der Waals surface area contributed by atoms with Gasteiger partial charge in [-0.25, -0.2) is 14.0 Å². The van der Waals surface area contributed by atoms with Gasteiger partial charge >= 0.3 is 11.9 Å². The summed E-state index contributed by atoms with van der Waals surface area (Å²) >= 11 is 2.95. The third-order valence-electron chi connectivity index (χ3n) is 9.47. The van der Waals surface area contributed by atoms with Gasteiger partial charge in [-0.15, -0.1) is 23.1 Å². The Morgan fingerprint density at radius 3 is 2.45 bits per heavy atom. The van der Waals surface area contributed by atoms with Gasteiger partial charge in [0.1, 0.15) is 49.1 Å². The number of anilines is 1. The molecule has 0 aliphatic carbocycles. The number of esters is 2. The highest BCUT2D eigenvalue weighted by molar-refractivity contribution is 8.00.